The molecule has 1 aliphatic carbocycles. The number of aromatic amines is 1. The lowest BCUT2D eigenvalue weighted by molar-refractivity contribution is -0.122. The smallest absolute Gasteiger partial charge is 0.256 e. The van der Waals surface area contributed by atoms with Gasteiger partial charge in [-0.1, -0.05) is 30.3 Å². The van der Waals surface area contributed by atoms with Gasteiger partial charge in [-0.3, -0.25) is 9.59 Å². The first kappa shape index (κ1) is 16.8. The summed E-state index contributed by atoms with van der Waals surface area (Å²) in [5.74, 6) is 0.812. The van der Waals surface area contributed by atoms with Gasteiger partial charge in [0.05, 0.1) is 16.5 Å². The molecule has 1 unspecified atom stereocenters. The minimum Gasteiger partial charge on any atom is -0.361 e. The summed E-state index contributed by atoms with van der Waals surface area (Å²) in [5.41, 5.74) is 3.10. The number of benzene rings is 2. The van der Waals surface area contributed by atoms with Crippen molar-refractivity contribution in [3.8, 4) is 0 Å². The fraction of sp³-hybridized carbons (Fsp3) is 0.333. The SMILES string of the molecule is O=C(c1cccc2cc[nH]c12)N1CCC2(C1)C(=O)N(CC1CC1)c1ccccc12. The molecule has 0 bridgehead atoms. The molecule has 3 aromatic rings. The summed E-state index contributed by atoms with van der Waals surface area (Å²) < 4.78 is 0. The number of likely N-dealkylation sites (tertiary alicyclic amines) is 1. The Bertz CT molecular complexity index is 1150. The highest BCUT2D eigenvalue weighted by molar-refractivity contribution is 6.10. The van der Waals surface area contributed by atoms with E-state index in [1.807, 2.05) is 52.4 Å². The molecule has 1 N–H and O–H groups in total. The molecule has 2 aromatic carbocycles. The van der Waals surface area contributed by atoms with E-state index in [4.69, 9.17) is 0 Å². The molecule has 29 heavy (non-hydrogen) atoms. The Labute approximate surface area is 169 Å². The van der Waals surface area contributed by atoms with Gasteiger partial charge in [-0.25, -0.2) is 0 Å². The van der Waals surface area contributed by atoms with Gasteiger partial charge in [0, 0.05) is 36.9 Å². The molecule has 3 aliphatic rings. The number of carbonyl (C=O) groups is 2. The highest BCUT2D eigenvalue weighted by atomic mass is 16.2. The second kappa shape index (κ2) is 5.96. The Kier molecular flexibility index (Phi) is 3.46. The molecule has 1 saturated heterocycles. The van der Waals surface area contributed by atoms with Crippen LogP contribution in [0.4, 0.5) is 5.69 Å². The summed E-state index contributed by atoms with van der Waals surface area (Å²) >= 11 is 0. The van der Waals surface area contributed by atoms with Crippen molar-refractivity contribution in [1.29, 1.82) is 0 Å². The molecule has 0 radical (unpaired) electrons. The molecule has 3 heterocycles. The lowest BCUT2D eigenvalue weighted by atomic mass is 9.81. The van der Waals surface area contributed by atoms with Crippen LogP contribution >= 0.6 is 0 Å². The van der Waals surface area contributed by atoms with Crippen molar-refractivity contribution in [2.45, 2.75) is 24.7 Å². The van der Waals surface area contributed by atoms with E-state index in [1.165, 1.54) is 12.8 Å². The van der Waals surface area contributed by atoms with Crippen LogP contribution in [-0.2, 0) is 10.2 Å². The van der Waals surface area contributed by atoms with Crippen LogP contribution in [0.5, 0.6) is 0 Å². The zero-order chi connectivity index (χ0) is 19.6. The van der Waals surface area contributed by atoms with Crippen molar-refractivity contribution in [2.75, 3.05) is 24.5 Å². The number of rotatable bonds is 3. The van der Waals surface area contributed by atoms with Crippen LogP contribution < -0.4 is 4.90 Å². The summed E-state index contributed by atoms with van der Waals surface area (Å²) in [7, 11) is 0. The Morgan fingerprint density at radius 2 is 1.97 bits per heavy atom. The van der Waals surface area contributed by atoms with E-state index in [1.54, 1.807) is 0 Å². The van der Waals surface area contributed by atoms with E-state index in [0.717, 1.165) is 28.7 Å². The van der Waals surface area contributed by atoms with E-state index in [-0.39, 0.29) is 11.8 Å². The van der Waals surface area contributed by atoms with Gasteiger partial charge in [0.2, 0.25) is 5.91 Å². The maximum atomic E-state index is 13.6. The van der Waals surface area contributed by atoms with Crippen LogP contribution in [-0.4, -0.2) is 41.3 Å². The number of nitrogens with one attached hydrogen (secondary N) is 1. The molecule has 5 nitrogen and oxygen atoms in total. The second-order valence-corrected chi connectivity index (χ2v) is 8.68. The number of amides is 2. The molecule has 146 valence electrons. The number of carbonyl (C=O) groups excluding carboxylic acids is 2. The Balaban J connectivity index is 1.35. The first-order valence-corrected chi connectivity index (χ1v) is 10.4. The molecular formula is C24H23N3O2. The third-order valence-corrected chi connectivity index (χ3v) is 6.88. The van der Waals surface area contributed by atoms with Crippen molar-refractivity contribution in [2.24, 2.45) is 5.92 Å². The summed E-state index contributed by atoms with van der Waals surface area (Å²) in [4.78, 5) is 34.0. The van der Waals surface area contributed by atoms with Crippen LogP contribution in [0.2, 0.25) is 0 Å². The molecule has 1 aromatic heterocycles. The minimum atomic E-state index is -0.592. The van der Waals surface area contributed by atoms with Gasteiger partial charge in [-0.2, -0.15) is 0 Å². The van der Waals surface area contributed by atoms with Crippen molar-refractivity contribution in [3.05, 3.63) is 65.9 Å². The highest BCUT2D eigenvalue weighted by Crippen LogP contribution is 2.48. The molecule has 2 aliphatic heterocycles. The van der Waals surface area contributed by atoms with E-state index in [0.29, 0.717) is 31.0 Å². The number of aromatic nitrogens is 1. The highest BCUT2D eigenvalue weighted by Gasteiger charge is 2.55. The van der Waals surface area contributed by atoms with Gasteiger partial charge >= 0.3 is 0 Å². The van der Waals surface area contributed by atoms with E-state index < -0.39 is 5.41 Å². The normalized spacial score (nSPS) is 23.4. The van der Waals surface area contributed by atoms with Gasteiger partial charge in [0.25, 0.3) is 5.91 Å². The zero-order valence-electron chi connectivity index (χ0n) is 16.2. The lowest BCUT2D eigenvalue weighted by Crippen LogP contribution is -2.44. The number of nitrogens with zero attached hydrogens (tertiary/aromatic N) is 2. The fourth-order valence-corrected chi connectivity index (χ4v) is 5.15. The third kappa shape index (κ3) is 2.40. The number of anilines is 1. The molecule has 2 fully saturated rings. The van der Waals surface area contributed by atoms with Crippen molar-refractivity contribution >= 4 is 28.4 Å². The predicted molar refractivity (Wildman–Crippen MR) is 112 cm³/mol. The largest absolute Gasteiger partial charge is 0.361 e. The number of para-hydroxylation sites is 2. The number of hydrogen-bond donors (Lipinski definition) is 1. The Hall–Kier alpha value is -3.08. The summed E-state index contributed by atoms with van der Waals surface area (Å²) in [5, 5.41) is 1.03. The monoisotopic (exact) mass is 385 g/mol. The molecule has 6 rings (SSSR count). The second-order valence-electron chi connectivity index (χ2n) is 8.68. The first-order chi connectivity index (χ1) is 14.2. The molecule has 5 heteroatoms. The maximum absolute atomic E-state index is 13.6. The number of fused-ring (bicyclic) bond motifs is 3. The average Bonchev–Trinajstić information content (AvgIpc) is 3.18. The molecule has 1 atom stereocenters. The van der Waals surface area contributed by atoms with Crippen molar-refractivity contribution in [1.82, 2.24) is 9.88 Å². The fourth-order valence-electron chi connectivity index (χ4n) is 5.15. The number of H-pyrrole nitrogens is 1. The first-order valence-electron chi connectivity index (χ1n) is 10.4. The van der Waals surface area contributed by atoms with E-state index in [2.05, 4.69) is 17.1 Å². The molecule has 1 saturated carbocycles. The van der Waals surface area contributed by atoms with Crippen molar-refractivity contribution < 1.29 is 9.59 Å². The predicted octanol–water partition coefficient (Wildman–Crippen LogP) is 3.71. The minimum absolute atomic E-state index is 0.000786. The standard InChI is InChI=1S/C24H23N3O2/c28-22(18-5-3-4-17-10-12-25-21(17)18)26-13-11-24(15-26)19-6-1-2-7-20(19)27(23(24)29)14-16-8-9-16/h1-7,10,12,16,25H,8-9,11,13-15H2. The van der Waals surface area contributed by atoms with Crippen LogP contribution in [0.25, 0.3) is 10.9 Å². The van der Waals surface area contributed by atoms with Gasteiger partial charge in [-0.15, -0.1) is 0 Å². The summed E-state index contributed by atoms with van der Waals surface area (Å²) in [6.45, 7) is 1.88. The topological polar surface area (TPSA) is 56.4 Å². The summed E-state index contributed by atoms with van der Waals surface area (Å²) in [6, 6.07) is 15.9. The maximum Gasteiger partial charge on any atom is 0.256 e. The van der Waals surface area contributed by atoms with Gasteiger partial charge in [-0.05, 0) is 48.9 Å². The lowest BCUT2D eigenvalue weighted by Gasteiger charge is -2.24. The van der Waals surface area contributed by atoms with Gasteiger partial charge < -0.3 is 14.8 Å². The van der Waals surface area contributed by atoms with E-state index >= 15 is 0 Å². The molecular weight excluding hydrogens is 362 g/mol. The van der Waals surface area contributed by atoms with Crippen molar-refractivity contribution in [3.63, 3.8) is 0 Å². The average molecular weight is 385 g/mol. The number of hydrogen-bond acceptors (Lipinski definition) is 2. The molecule has 1 spiro atoms. The Morgan fingerprint density at radius 3 is 2.83 bits per heavy atom. The zero-order valence-corrected chi connectivity index (χ0v) is 16.2. The quantitative estimate of drug-likeness (QED) is 0.747. The van der Waals surface area contributed by atoms with Gasteiger partial charge in [0.15, 0.2) is 0 Å². The third-order valence-electron chi connectivity index (χ3n) is 6.88. The summed E-state index contributed by atoms with van der Waals surface area (Å²) in [6.07, 6.45) is 4.98. The van der Waals surface area contributed by atoms with Gasteiger partial charge in [0.1, 0.15) is 0 Å². The van der Waals surface area contributed by atoms with Crippen LogP contribution in [0.1, 0.15) is 35.2 Å². The van der Waals surface area contributed by atoms with Crippen LogP contribution in [0.3, 0.4) is 0 Å². The molecule has 2 amide bonds. The van der Waals surface area contributed by atoms with Crippen LogP contribution in [0, 0.1) is 5.92 Å². The van der Waals surface area contributed by atoms with E-state index in [9.17, 15) is 9.59 Å². The van der Waals surface area contributed by atoms with Crippen LogP contribution in [0.15, 0.2) is 54.7 Å². The Morgan fingerprint density at radius 1 is 1.10 bits per heavy atom.